The lowest BCUT2D eigenvalue weighted by molar-refractivity contribution is 0.102. The van der Waals surface area contributed by atoms with Gasteiger partial charge in [-0.05, 0) is 31.2 Å². The standard InChI is InChI=1S/C16H14N4O/c1-10-7-8-13-12(9-10)14(17)19-16(18-13)20-15(21)11-5-3-2-4-6-11/h2-9H,1H3,(H3,17,18,19,20,21). The van der Waals surface area contributed by atoms with E-state index < -0.39 is 0 Å². The summed E-state index contributed by atoms with van der Waals surface area (Å²) in [7, 11) is 0. The summed E-state index contributed by atoms with van der Waals surface area (Å²) in [6, 6.07) is 14.6. The van der Waals surface area contributed by atoms with Crippen LogP contribution in [-0.2, 0) is 0 Å². The smallest absolute Gasteiger partial charge is 0.258 e. The predicted molar refractivity (Wildman–Crippen MR) is 83.1 cm³/mol. The fraction of sp³-hybridized carbons (Fsp3) is 0.0625. The zero-order valence-electron chi connectivity index (χ0n) is 11.5. The molecule has 5 heteroatoms. The molecule has 104 valence electrons. The van der Waals surface area contributed by atoms with Crippen LogP contribution in [0.1, 0.15) is 15.9 Å². The molecule has 0 unspecified atom stereocenters. The van der Waals surface area contributed by atoms with Gasteiger partial charge in [-0.2, -0.15) is 4.98 Å². The van der Waals surface area contributed by atoms with E-state index >= 15 is 0 Å². The van der Waals surface area contributed by atoms with Gasteiger partial charge < -0.3 is 5.73 Å². The molecule has 3 rings (SSSR count). The number of carbonyl (C=O) groups excluding carboxylic acids is 1. The molecule has 1 heterocycles. The number of hydrogen-bond acceptors (Lipinski definition) is 4. The Bertz CT molecular complexity index is 815. The van der Waals surface area contributed by atoms with Gasteiger partial charge in [0.05, 0.1) is 5.52 Å². The van der Waals surface area contributed by atoms with Gasteiger partial charge in [0.1, 0.15) is 5.82 Å². The summed E-state index contributed by atoms with van der Waals surface area (Å²) in [6.07, 6.45) is 0. The molecular formula is C16H14N4O. The largest absolute Gasteiger partial charge is 0.383 e. The molecule has 0 saturated heterocycles. The minimum atomic E-state index is -0.263. The molecule has 3 aromatic rings. The third-order valence-corrected chi connectivity index (χ3v) is 3.14. The number of hydrogen-bond donors (Lipinski definition) is 2. The topological polar surface area (TPSA) is 80.9 Å². The van der Waals surface area contributed by atoms with Crippen LogP contribution in [-0.4, -0.2) is 15.9 Å². The molecule has 21 heavy (non-hydrogen) atoms. The molecule has 2 aromatic carbocycles. The second kappa shape index (κ2) is 5.20. The van der Waals surface area contributed by atoms with Gasteiger partial charge in [0.15, 0.2) is 0 Å². The molecule has 0 fully saturated rings. The normalized spacial score (nSPS) is 10.5. The number of fused-ring (bicyclic) bond motifs is 1. The molecule has 0 radical (unpaired) electrons. The number of nitrogens with one attached hydrogen (secondary N) is 1. The Hall–Kier alpha value is -2.95. The number of anilines is 2. The van der Waals surface area contributed by atoms with E-state index in [1.807, 2.05) is 31.2 Å². The van der Waals surface area contributed by atoms with Gasteiger partial charge in [-0.25, -0.2) is 4.98 Å². The van der Waals surface area contributed by atoms with Gasteiger partial charge in [0.25, 0.3) is 5.91 Å². The lowest BCUT2D eigenvalue weighted by Crippen LogP contribution is -2.14. The van der Waals surface area contributed by atoms with E-state index in [-0.39, 0.29) is 11.9 Å². The van der Waals surface area contributed by atoms with Crippen molar-refractivity contribution in [2.75, 3.05) is 11.1 Å². The monoisotopic (exact) mass is 278 g/mol. The summed E-state index contributed by atoms with van der Waals surface area (Å²) < 4.78 is 0. The van der Waals surface area contributed by atoms with Gasteiger partial charge in [-0.1, -0.05) is 29.8 Å². The van der Waals surface area contributed by atoms with Crippen molar-refractivity contribution in [3.63, 3.8) is 0 Å². The minimum absolute atomic E-state index is 0.206. The molecule has 0 saturated carbocycles. The third kappa shape index (κ3) is 2.67. The van der Waals surface area contributed by atoms with E-state index in [9.17, 15) is 4.79 Å². The first-order valence-electron chi connectivity index (χ1n) is 6.54. The lowest BCUT2D eigenvalue weighted by atomic mass is 10.1. The second-order valence-corrected chi connectivity index (χ2v) is 4.77. The number of aryl methyl sites for hydroxylation is 1. The molecule has 0 atom stereocenters. The first-order valence-corrected chi connectivity index (χ1v) is 6.54. The Kier molecular flexibility index (Phi) is 3.23. The summed E-state index contributed by atoms with van der Waals surface area (Å²) in [4.78, 5) is 20.5. The fourth-order valence-corrected chi connectivity index (χ4v) is 2.09. The summed E-state index contributed by atoms with van der Waals surface area (Å²) in [5, 5.41) is 3.45. The van der Waals surface area contributed by atoms with Crippen molar-refractivity contribution in [1.82, 2.24) is 9.97 Å². The summed E-state index contributed by atoms with van der Waals surface area (Å²) >= 11 is 0. The Morgan fingerprint density at radius 2 is 1.86 bits per heavy atom. The van der Waals surface area contributed by atoms with Crippen molar-refractivity contribution in [3.05, 3.63) is 59.7 Å². The minimum Gasteiger partial charge on any atom is -0.383 e. The second-order valence-electron chi connectivity index (χ2n) is 4.77. The van der Waals surface area contributed by atoms with Crippen LogP contribution >= 0.6 is 0 Å². The van der Waals surface area contributed by atoms with Crippen molar-refractivity contribution >= 4 is 28.6 Å². The molecule has 3 N–H and O–H groups in total. The molecule has 5 nitrogen and oxygen atoms in total. The van der Waals surface area contributed by atoms with E-state index in [1.54, 1.807) is 24.3 Å². The highest BCUT2D eigenvalue weighted by Gasteiger charge is 2.10. The Balaban J connectivity index is 1.95. The van der Waals surface area contributed by atoms with E-state index in [4.69, 9.17) is 5.73 Å². The van der Waals surface area contributed by atoms with Crippen LogP contribution in [0.5, 0.6) is 0 Å². The third-order valence-electron chi connectivity index (χ3n) is 3.14. The molecule has 1 amide bonds. The van der Waals surface area contributed by atoms with Crippen molar-refractivity contribution in [2.45, 2.75) is 6.92 Å². The van der Waals surface area contributed by atoms with Crippen molar-refractivity contribution < 1.29 is 4.79 Å². The van der Waals surface area contributed by atoms with Crippen LogP contribution in [0.15, 0.2) is 48.5 Å². The molecule has 0 aliphatic rings. The SMILES string of the molecule is Cc1ccc2nc(NC(=O)c3ccccc3)nc(N)c2c1. The van der Waals surface area contributed by atoms with Gasteiger partial charge in [0.2, 0.25) is 5.95 Å². The average Bonchev–Trinajstić information content (AvgIpc) is 2.49. The van der Waals surface area contributed by atoms with Gasteiger partial charge in [-0.15, -0.1) is 0 Å². The van der Waals surface area contributed by atoms with Gasteiger partial charge in [0, 0.05) is 10.9 Å². The maximum Gasteiger partial charge on any atom is 0.258 e. The number of nitrogens with zero attached hydrogens (tertiary/aromatic N) is 2. The van der Waals surface area contributed by atoms with E-state index in [0.29, 0.717) is 16.9 Å². The van der Waals surface area contributed by atoms with E-state index in [2.05, 4.69) is 15.3 Å². The number of nitrogen functional groups attached to an aromatic ring is 1. The van der Waals surface area contributed by atoms with Crippen LogP contribution in [0.4, 0.5) is 11.8 Å². The number of aromatic nitrogens is 2. The van der Waals surface area contributed by atoms with Gasteiger partial charge in [-0.3, -0.25) is 10.1 Å². The van der Waals surface area contributed by atoms with Crippen LogP contribution in [0.3, 0.4) is 0 Å². The molecular weight excluding hydrogens is 264 g/mol. The highest BCUT2D eigenvalue weighted by molar-refractivity contribution is 6.04. The Morgan fingerprint density at radius 1 is 1.10 bits per heavy atom. The highest BCUT2D eigenvalue weighted by atomic mass is 16.1. The fourth-order valence-electron chi connectivity index (χ4n) is 2.09. The maximum absolute atomic E-state index is 12.1. The number of benzene rings is 2. The first kappa shape index (κ1) is 13.1. The predicted octanol–water partition coefficient (Wildman–Crippen LogP) is 2.77. The molecule has 0 aliphatic heterocycles. The average molecular weight is 278 g/mol. The van der Waals surface area contributed by atoms with Gasteiger partial charge >= 0.3 is 0 Å². The maximum atomic E-state index is 12.1. The Morgan fingerprint density at radius 3 is 2.62 bits per heavy atom. The zero-order valence-corrected chi connectivity index (χ0v) is 11.5. The summed E-state index contributed by atoms with van der Waals surface area (Å²) in [5.74, 6) is 0.297. The van der Waals surface area contributed by atoms with Crippen molar-refractivity contribution in [2.24, 2.45) is 0 Å². The number of nitrogens with two attached hydrogens (primary N) is 1. The number of rotatable bonds is 2. The summed E-state index contributed by atoms with van der Waals surface area (Å²) in [6.45, 7) is 1.98. The summed E-state index contributed by atoms with van der Waals surface area (Å²) in [5.41, 5.74) is 8.27. The molecule has 0 bridgehead atoms. The quantitative estimate of drug-likeness (QED) is 0.755. The van der Waals surface area contributed by atoms with Crippen LogP contribution < -0.4 is 11.1 Å². The molecule has 1 aromatic heterocycles. The molecule has 0 aliphatic carbocycles. The van der Waals surface area contributed by atoms with E-state index in [0.717, 1.165) is 10.9 Å². The van der Waals surface area contributed by atoms with Crippen LogP contribution in [0.2, 0.25) is 0 Å². The zero-order chi connectivity index (χ0) is 14.8. The van der Waals surface area contributed by atoms with Crippen molar-refractivity contribution in [1.29, 1.82) is 0 Å². The van der Waals surface area contributed by atoms with Crippen molar-refractivity contribution in [3.8, 4) is 0 Å². The lowest BCUT2D eigenvalue weighted by Gasteiger charge is -2.07. The molecule has 0 spiro atoms. The Labute approximate surface area is 121 Å². The first-order chi connectivity index (χ1) is 10.1. The van der Waals surface area contributed by atoms with E-state index in [1.165, 1.54) is 0 Å². The van der Waals surface area contributed by atoms with Crippen LogP contribution in [0, 0.1) is 6.92 Å². The highest BCUT2D eigenvalue weighted by Crippen LogP contribution is 2.21. The number of amides is 1. The van der Waals surface area contributed by atoms with Crippen LogP contribution in [0.25, 0.3) is 10.9 Å². The number of carbonyl (C=O) groups is 1.